The summed E-state index contributed by atoms with van der Waals surface area (Å²) in [4.78, 5) is 0. The second kappa shape index (κ2) is 4.86. The van der Waals surface area contributed by atoms with Crippen LogP contribution < -0.4 is 10.1 Å². The summed E-state index contributed by atoms with van der Waals surface area (Å²) in [6.45, 7) is 2.95. The first-order chi connectivity index (χ1) is 6.19. The molecule has 13 heavy (non-hydrogen) atoms. The van der Waals surface area contributed by atoms with E-state index < -0.39 is 0 Å². The highest BCUT2D eigenvalue weighted by Gasteiger charge is 2.05. The van der Waals surface area contributed by atoms with Crippen LogP contribution in [0.2, 0.25) is 0 Å². The number of rotatable bonds is 3. The molecule has 0 bridgehead atoms. The molecule has 0 aliphatic carbocycles. The summed E-state index contributed by atoms with van der Waals surface area (Å²) in [5.41, 5.74) is 1.04. The monoisotopic (exact) mass is 307 g/mol. The molecule has 0 aliphatic rings. The number of methoxy groups -OCH3 is 1. The van der Waals surface area contributed by atoms with Crippen LogP contribution in [0.1, 0.15) is 6.92 Å². The summed E-state index contributed by atoms with van der Waals surface area (Å²) < 4.78 is 7.16. The van der Waals surface area contributed by atoms with Gasteiger partial charge in [0.2, 0.25) is 0 Å². The minimum Gasteiger partial charge on any atom is -0.495 e. The van der Waals surface area contributed by atoms with Gasteiger partial charge < -0.3 is 10.1 Å². The van der Waals surface area contributed by atoms with Crippen LogP contribution in [-0.4, -0.2) is 13.7 Å². The van der Waals surface area contributed by atoms with Crippen LogP contribution in [0, 0.1) is 0 Å². The first kappa shape index (κ1) is 10.9. The Bertz CT molecular complexity index is 302. The Balaban J connectivity index is 3.06. The molecule has 72 valence electrons. The van der Waals surface area contributed by atoms with Crippen molar-refractivity contribution in [2.24, 2.45) is 0 Å². The molecule has 0 heterocycles. The molecule has 0 amide bonds. The average molecular weight is 309 g/mol. The third-order valence-corrected chi connectivity index (χ3v) is 2.88. The fourth-order valence-corrected chi connectivity index (χ4v) is 2.31. The molecule has 0 fully saturated rings. The lowest BCUT2D eigenvalue weighted by Gasteiger charge is -2.10. The van der Waals surface area contributed by atoms with E-state index in [4.69, 9.17) is 4.74 Å². The Morgan fingerprint density at radius 1 is 1.31 bits per heavy atom. The molecule has 0 unspecified atom stereocenters. The molecule has 0 aliphatic heterocycles. The molecular formula is C9H11Br2NO. The number of hydrogen-bond acceptors (Lipinski definition) is 2. The van der Waals surface area contributed by atoms with Gasteiger partial charge in [-0.1, -0.05) is 0 Å². The predicted molar refractivity (Wildman–Crippen MR) is 62.6 cm³/mol. The molecule has 1 rings (SSSR count). The molecule has 1 aromatic rings. The van der Waals surface area contributed by atoms with Gasteiger partial charge in [0, 0.05) is 17.1 Å². The smallest absolute Gasteiger partial charge is 0.135 e. The lowest BCUT2D eigenvalue weighted by Crippen LogP contribution is -1.98. The van der Waals surface area contributed by atoms with Crippen LogP contribution in [-0.2, 0) is 0 Å². The molecule has 2 nitrogen and oxygen atoms in total. The highest BCUT2D eigenvalue weighted by Crippen LogP contribution is 2.34. The minimum absolute atomic E-state index is 0.833. The number of hydrogen-bond donors (Lipinski definition) is 1. The topological polar surface area (TPSA) is 21.3 Å². The largest absolute Gasteiger partial charge is 0.495 e. The molecule has 0 atom stereocenters. The lowest BCUT2D eigenvalue weighted by molar-refractivity contribution is 0.412. The summed E-state index contributed by atoms with van der Waals surface area (Å²) in [7, 11) is 1.66. The van der Waals surface area contributed by atoms with Gasteiger partial charge in [0.25, 0.3) is 0 Å². The Morgan fingerprint density at radius 2 is 2.00 bits per heavy atom. The van der Waals surface area contributed by atoms with Crippen molar-refractivity contribution < 1.29 is 4.74 Å². The second-order valence-corrected chi connectivity index (χ2v) is 4.21. The number of ether oxygens (including phenoxy) is 1. The van der Waals surface area contributed by atoms with E-state index in [2.05, 4.69) is 44.1 Å². The summed E-state index contributed by atoms with van der Waals surface area (Å²) in [6, 6.07) is 3.93. The molecule has 1 N–H and O–H groups in total. The Hall–Kier alpha value is -0.220. The highest BCUT2D eigenvalue weighted by molar-refractivity contribution is 9.11. The molecule has 0 saturated heterocycles. The van der Waals surface area contributed by atoms with Crippen molar-refractivity contribution in [1.29, 1.82) is 0 Å². The maximum Gasteiger partial charge on any atom is 0.135 e. The molecule has 0 aromatic heterocycles. The molecule has 4 heteroatoms. The Morgan fingerprint density at radius 3 is 2.54 bits per heavy atom. The molecule has 0 radical (unpaired) electrons. The van der Waals surface area contributed by atoms with Gasteiger partial charge in [-0.05, 0) is 44.8 Å². The minimum atomic E-state index is 0.833. The summed E-state index contributed by atoms with van der Waals surface area (Å²) in [5.74, 6) is 0.833. The second-order valence-electron chi connectivity index (χ2n) is 2.50. The van der Waals surface area contributed by atoms with Crippen LogP contribution in [0.3, 0.4) is 0 Å². The molecular weight excluding hydrogens is 298 g/mol. The van der Waals surface area contributed by atoms with Gasteiger partial charge in [-0.15, -0.1) is 0 Å². The number of anilines is 1. The van der Waals surface area contributed by atoms with E-state index in [9.17, 15) is 0 Å². The van der Waals surface area contributed by atoms with Gasteiger partial charge in [-0.3, -0.25) is 0 Å². The average Bonchev–Trinajstić information content (AvgIpc) is 2.10. The van der Waals surface area contributed by atoms with Crippen molar-refractivity contribution >= 4 is 37.5 Å². The first-order valence-electron chi connectivity index (χ1n) is 3.96. The van der Waals surface area contributed by atoms with Crippen molar-refractivity contribution in [3.05, 3.63) is 21.1 Å². The van der Waals surface area contributed by atoms with Crippen LogP contribution in [0.15, 0.2) is 21.1 Å². The van der Waals surface area contributed by atoms with Gasteiger partial charge in [0.05, 0.1) is 17.3 Å². The van der Waals surface area contributed by atoms with Crippen molar-refractivity contribution in [3.63, 3.8) is 0 Å². The number of halogens is 2. The van der Waals surface area contributed by atoms with E-state index in [0.717, 1.165) is 26.9 Å². The number of nitrogens with one attached hydrogen (secondary N) is 1. The predicted octanol–water partition coefficient (Wildman–Crippen LogP) is 3.65. The van der Waals surface area contributed by atoms with Crippen molar-refractivity contribution in [1.82, 2.24) is 0 Å². The Labute approximate surface area is 94.9 Å². The van der Waals surface area contributed by atoms with E-state index >= 15 is 0 Å². The van der Waals surface area contributed by atoms with Crippen molar-refractivity contribution in [3.8, 4) is 5.75 Å². The van der Waals surface area contributed by atoms with Crippen LogP contribution >= 0.6 is 31.9 Å². The van der Waals surface area contributed by atoms with Crippen LogP contribution in [0.5, 0.6) is 5.75 Å². The normalized spacial score (nSPS) is 9.85. The van der Waals surface area contributed by atoms with E-state index in [1.165, 1.54) is 0 Å². The third-order valence-electron chi connectivity index (χ3n) is 1.61. The van der Waals surface area contributed by atoms with E-state index in [1.807, 2.05) is 12.1 Å². The van der Waals surface area contributed by atoms with E-state index in [-0.39, 0.29) is 0 Å². The zero-order valence-electron chi connectivity index (χ0n) is 7.53. The molecule has 0 saturated carbocycles. The quantitative estimate of drug-likeness (QED) is 0.920. The van der Waals surface area contributed by atoms with Gasteiger partial charge in [0.1, 0.15) is 5.75 Å². The molecule has 0 spiro atoms. The summed E-state index contributed by atoms with van der Waals surface area (Å²) in [6.07, 6.45) is 0. The lowest BCUT2D eigenvalue weighted by atomic mass is 10.3. The fourth-order valence-electron chi connectivity index (χ4n) is 1.01. The third kappa shape index (κ3) is 2.61. The summed E-state index contributed by atoms with van der Waals surface area (Å²) in [5, 5.41) is 3.23. The van der Waals surface area contributed by atoms with Crippen LogP contribution in [0.4, 0.5) is 5.69 Å². The van der Waals surface area contributed by atoms with Crippen molar-refractivity contribution in [2.45, 2.75) is 6.92 Å². The first-order valence-corrected chi connectivity index (χ1v) is 5.54. The zero-order valence-corrected chi connectivity index (χ0v) is 10.7. The SMILES string of the molecule is CCNc1cc(OC)c(Br)cc1Br. The Kier molecular flexibility index (Phi) is 4.06. The maximum atomic E-state index is 5.18. The zero-order chi connectivity index (χ0) is 9.84. The van der Waals surface area contributed by atoms with Gasteiger partial charge in [-0.25, -0.2) is 0 Å². The van der Waals surface area contributed by atoms with Gasteiger partial charge >= 0.3 is 0 Å². The maximum absolute atomic E-state index is 5.18. The summed E-state index contributed by atoms with van der Waals surface area (Å²) >= 11 is 6.87. The van der Waals surface area contributed by atoms with Crippen molar-refractivity contribution in [2.75, 3.05) is 19.0 Å². The van der Waals surface area contributed by atoms with Gasteiger partial charge in [0.15, 0.2) is 0 Å². The molecule has 1 aromatic carbocycles. The highest BCUT2D eigenvalue weighted by atomic mass is 79.9. The van der Waals surface area contributed by atoms with E-state index in [0.29, 0.717) is 0 Å². The van der Waals surface area contributed by atoms with Gasteiger partial charge in [-0.2, -0.15) is 0 Å². The van der Waals surface area contributed by atoms with Crippen LogP contribution in [0.25, 0.3) is 0 Å². The standard InChI is InChI=1S/C9H11Br2NO/c1-3-12-8-5-9(13-2)7(11)4-6(8)10/h4-5,12H,3H2,1-2H3. The van der Waals surface area contributed by atoms with E-state index in [1.54, 1.807) is 7.11 Å². The fraction of sp³-hybridized carbons (Fsp3) is 0.333. The number of benzene rings is 1.